The van der Waals surface area contributed by atoms with E-state index in [1.165, 1.54) is 6.07 Å². The lowest BCUT2D eigenvalue weighted by Crippen LogP contribution is -2.41. The second-order valence-electron chi connectivity index (χ2n) is 6.52. The zero-order chi connectivity index (χ0) is 16.5. The lowest BCUT2D eigenvalue weighted by atomic mass is 9.77. The average Bonchev–Trinajstić information content (AvgIpc) is 2.63. The third kappa shape index (κ3) is 3.19. The third-order valence-electron chi connectivity index (χ3n) is 4.30. The Labute approximate surface area is 131 Å². The average molecular weight is 307 g/mol. The van der Waals surface area contributed by atoms with E-state index in [1.807, 2.05) is 34.7 Å². The van der Waals surface area contributed by atoms with Gasteiger partial charge < -0.3 is 19.7 Å². The number of hydrogen-bond acceptors (Lipinski definition) is 4. The minimum absolute atomic E-state index is 0.368. The van der Waals surface area contributed by atoms with E-state index in [2.05, 4.69) is 5.32 Å². The van der Waals surface area contributed by atoms with Crippen molar-refractivity contribution in [1.82, 2.24) is 5.32 Å². The van der Waals surface area contributed by atoms with Crippen molar-refractivity contribution in [3.8, 4) is 5.75 Å². The van der Waals surface area contributed by atoms with Crippen LogP contribution in [-0.4, -0.2) is 37.0 Å². The molecule has 2 N–H and O–H groups in total. The summed E-state index contributed by atoms with van der Waals surface area (Å²) in [5.41, 5.74) is 0.296. The number of phenolic OH excluding ortho intramolecular Hbond substituents is 1. The van der Waals surface area contributed by atoms with Crippen LogP contribution in [-0.2, 0) is 9.31 Å². The molecule has 1 fully saturated rings. The third-order valence-corrected chi connectivity index (χ3v) is 4.30. The summed E-state index contributed by atoms with van der Waals surface area (Å²) in [4.78, 5) is 0. The summed E-state index contributed by atoms with van der Waals surface area (Å²) in [6, 6.07) is 4.43. The first kappa shape index (κ1) is 17.0. The van der Waals surface area contributed by atoms with Crippen LogP contribution >= 0.6 is 0 Å². The topological polar surface area (TPSA) is 50.7 Å². The maximum atomic E-state index is 13.5. The Morgan fingerprint density at radius 3 is 2.41 bits per heavy atom. The Bertz CT molecular complexity index is 571. The van der Waals surface area contributed by atoms with Crippen molar-refractivity contribution >= 4 is 13.2 Å². The molecule has 1 aromatic carbocycles. The molecule has 1 heterocycles. The van der Waals surface area contributed by atoms with Crippen LogP contribution in [0.1, 0.15) is 33.3 Å². The van der Waals surface area contributed by atoms with Gasteiger partial charge in [0, 0.05) is 12.1 Å². The molecule has 0 aromatic heterocycles. The first-order chi connectivity index (χ1) is 10.2. The molecule has 0 unspecified atom stereocenters. The smallest absolute Gasteiger partial charge is 0.491 e. The van der Waals surface area contributed by atoms with Crippen LogP contribution in [0.4, 0.5) is 4.39 Å². The second kappa shape index (κ2) is 6.03. The van der Waals surface area contributed by atoms with Gasteiger partial charge in [0.2, 0.25) is 0 Å². The molecule has 0 radical (unpaired) electrons. The molecule has 22 heavy (non-hydrogen) atoms. The fourth-order valence-electron chi connectivity index (χ4n) is 2.25. The maximum Gasteiger partial charge on any atom is 0.491 e. The zero-order valence-electron chi connectivity index (χ0n) is 13.7. The first-order valence-corrected chi connectivity index (χ1v) is 7.36. The van der Waals surface area contributed by atoms with Gasteiger partial charge in [-0.25, -0.2) is 4.39 Å². The SMILES string of the molecule is CNCC(=Cc1cccc(F)c1O)B1OC(C)(C)C(C)(C)O1. The number of aromatic hydroxyl groups is 1. The van der Waals surface area contributed by atoms with Gasteiger partial charge in [-0.2, -0.15) is 0 Å². The highest BCUT2D eigenvalue weighted by atomic mass is 19.1. The van der Waals surface area contributed by atoms with Crippen LogP contribution < -0.4 is 5.32 Å². The van der Waals surface area contributed by atoms with Gasteiger partial charge in [0.05, 0.1) is 11.2 Å². The van der Waals surface area contributed by atoms with Crippen molar-refractivity contribution in [2.45, 2.75) is 38.9 Å². The largest absolute Gasteiger partial charge is 0.504 e. The fraction of sp³-hybridized carbons (Fsp3) is 0.500. The highest BCUT2D eigenvalue weighted by Gasteiger charge is 2.52. The minimum Gasteiger partial charge on any atom is -0.504 e. The van der Waals surface area contributed by atoms with E-state index in [1.54, 1.807) is 18.2 Å². The number of para-hydroxylation sites is 1. The lowest BCUT2D eigenvalue weighted by Gasteiger charge is -2.32. The number of rotatable bonds is 4. The van der Waals surface area contributed by atoms with Crippen LogP contribution in [0.5, 0.6) is 5.75 Å². The first-order valence-electron chi connectivity index (χ1n) is 7.36. The molecular weight excluding hydrogens is 284 g/mol. The standard InChI is InChI=1S/C16H23BFNO3/c1-15(2)16(3,4)22-17(21-15)12(10-19-5)9-11-7-6-8-13(18)14(11)20/h6-9,19-20H,10H2,1-5H3. The molecule has 1 aliphatic rings. The maximum absolute atomic E-state index is 13.5. The summed E-state index contributed by atoms with van der Waals surface area (Å²) in [6.45, 7) is 8.41. The van der Waals surface area contributed by atoms with Gasteiger partial charge >= 0.3 is 7.12 Å². The van der Waals surface area contributed by atoms with Crippen molar-refractivity contribution in [3.05, 3.63) is 35.1 Å². The van der Waals surface area contributed by atoms with E-state index in [0.717, 1.165) is 5.47 Å². The van der Waals surface area contributed by atoms with Crippen molar-refractivity contribution < 1.29 is 18.8 Å². The summed E-state index contributed by atoms with van der Waals surface area (Å²) in [7, 11) is 1.27. The fourth-order valence-corrected chi connectivity index (χ4v) is 2.25. The predicted octanol–water partition coefficient (Wildman–Crippen LogP) is 2.77. The van der Waals surface area contributed by atoms with Crippen LogP contribution in [0.3, 0.4) is 0 Å². The van der Waals surface area contributed by atoms with E-state index >= 15 is 0 Å². The number of benzene rings is 1. The van der Waals surface area contributed by atoms with Gasteiger partial charge in [0.15, 0.2) is 11.6 Å². The summed E-state index contributed by atoms with van der Waals surface area (Å²) < 4.78 is 25.5. The van der Waals surface area contributed by atoms with Gasteiger partial charge in [0.25, 0.3) is 0 Å². The monoisotopic (exact) mass is 307 g/mol. The number of hydrogen-bond donors (Lipinski definition) is 2. The highest BCUT2D eigenvalue weighted by molar-refractivity contribution is 6.56. The van der Waals surface area contributed by atoms with E-state index in [4.69, 9.17) is 9.31 Å². The normalized spacial score (nSPS) is 20.5. The summed E-state index contributed by atoms with van der Waals surface area (Å²) >= 11 is 0. The molecule has 0 saturated carbocycles. The molecule has 1 saturated heterocycles. The van der Waals surface area contributed by atoms with Gasteiger partial charge in [-0.1, -0.05) is 18.2 Å². The van der Waals surface area contributed by atoms with Gasteiger partial charge in [-0.05, 0) is 46.3 Å². The number of likely N-dealkylation sites (N-methyl/N-ethyl adjacent to an activating group) is 1. The second-order valence-corrected chi connectivity index (χ2v) is 6.52. The Kier molecular flexibility index (Phi) is 4.66. The molecule has 0 bridgehead atoms. The van der Waals surface area contributed by atoms with E-state index in [-0.39, 0.29) is 5.75 Å². The molecule has 0 atom stereocenters. The number of halogens is 1. The Morgan fingerprint density at radius 2 is 1.86 bits per heavy atom. The molecule has 1 aromatic rings. The van der Waals surface area contributed by atoms with E-state index in [0.29, 0.717) is 12.1 Å². The van der Waals surface area contributed by atoms with Gasteiger partial charge in [0.1, 0.15) is 0 Å². The van der Waals surface area contributed by atoms with E-state index < -0.39 is 24.1 Å². The number of nitrogens with one attached hydrogen (secondary N) is 1. The van der Waals surface area contributed by atoms with Crippen LogP contribution in [0, 0.1) is 5.82 Å². The quantitative estimate of drug-likeness (QED) is 0.840. The van der Waals surface area contributed by atoms with Gasteiger partial charge in [-0.15, -0.1) is 0 Å². The van der Waals surface area contributed by atoms with Crippen LogP contribution in [0.15, 0.2) is 23.7 Å². The minimum atomic E-state index is -0.647. The zero-order valence-corrected chi connectivity index (χ0v) is 13.7. The predicted molar refractivity (Wildman–Crippen MR) is 86.1 cm³/mol. The van der Waals surface area contributed by atoms with Gasteiger partial charge in [-0.3, -0.25) is 0 Å². The number of phenols is 1. The Morgan fingerprint density at radius 1 is 1.27 bits per heavy atom. The summed E-state index contributed by atoms with van der Waals surface area (Å²) in [6.07, 6.45) is 1.71. The molecular formula is C16H23BFNO3. The highest BCUT2D eigenvalue weighted by Crippen LogP contribution is 2.39. The molecule has 4 nitrogen and oxygen atoms in total. The summed E-state index contributed by atoms with van der Waals surface area (Å²) in [5, 5.41) is 12.9. The van der Waals surface area contributed by atoms with Crippen molar-refractivity contribution in [1.29, 1.82) is 0 Å². The molecule has 0 aliphatic carbocycles. The summed E-state index contributed by atoms with van der Waals surface area (Å²) in [5.74, 6) is -1.01. The molecule has 120 valence electrons. The molecule has 2 rings (SSSR count). The molecule has 6 heteroatoms. The van der Waals surface area contributed by atoms with Crippen molar-refractivity contribution in [2.75, 3.05) is 13.6 Å². The van der Waals surface area contributed by atoms with Crippen LogP contribution in [0.25, 0.3) is 6.08 Å². The molecule has 0 spiro atoms. The van der Waals surface area contributed by atoms with Crippen molar-refractivity contribution in [2.24, 2.45) is 0 Å². The molecule has 0 amide bonds. The van der Waals surface area contributed by atoms with E-state index in [9.17, 15) is 9.50 Å². The molecule has 1 aliphatic heterocycles. The van der Waals surface area contributed by atoms with Crippen molar-refractivity contribution in [3.63, 3.8) is 0 Å². The Balaban J connectivity index is 2.35. The van der Waals surface area contributed by atoms with Crippen LogP contribution in [0.2, 0.25) is 0 Å². The lowest BCUT2D eigenvalue weighted by molar-refractivity contribution is 0.00578. The Hall–Kier alpha value is -1.37.